The molecular weight excluding hydrogens is 389 g/mol. The maximum Gasteiger partial charge on any atom is 0.191 e. The third-order valence-electron chi connectivity index (χ3n) is 4.29. The van der Waals surface area contributed by atoms with Crippen molar-refractivity contribution in [1.29, 1.82) is 0 Å². The van der Waals surface area contributed by atoms with Gasteiger partial charge in [-0.25, -0.2) is 0 Å². The summed E-state index contributed by atoms with van der Waals surface area (Å²) in [5.74, 6) is 0.835. The first-order valence-corrected chi connectivity index (χ1v) is 7.57. The molecule has 1 aliphatic carbocycles. The molecule has 0 spiro atoms. The molecule has 0 saturated heterocycles. The number of rotatable bonds is 6. The van der Waals surface area contributed by atoms with Gasteiger partial charge in [0.05, 0.1) is 5.60 Å². The van der Waals surface area contributed by atoms with Crippen LogP contribution in [-0.4, -0.2) is 38.8 Å². The van der Waals surface area contributed by atoms with Crippen LogP contribution in [0.25, 0.3) is 0 Å². The minimum atomic E-state index is -0.200. The number of methoxy groups -OCH3 is 1. The van der Waals surface area contributed by atoms with Crippen molar-refractivity contribution in [2.75, 3.05) is 27.2 Å². The molecule has 0 unspecified atom stereocenters. The number of benzene rings is 1. The summed E-state index contributed by atoms with van der Waals surface area (Å²) >= 11 is 0. The van der Waals surface area contributed by atoms with E-state index < -0.39 is 0 Å². The topological polar surface area (TPSA) is 45.7 Å². The van der Waals surface area contributed by atoms with Gasteiger partial charge >= 0.3 is 0 Å². The van der Waals surface area contributed by atoms with Gasteiger partial charge in [0.15, 0.2) is 5.96 Å². The van der Waals surface area contributed by atoms with E-state index in [4.69, 9.17) is 4.74 Å². The smallest absolute Gasteiger partial charge is 0.191 e. The highest BCUT2D eigenvalue weighted by Gasteiger charge is 2.44. The lowest BCUT2D eigenvalue weighted by atomic mass is 9.96. The summed E-state index contributed by atoms with van der Waals surface area (Å²) in [6, 6.07) is 10.7. The second-order valence-corrected chi connectivity index (χ2v) is 6.39. The lowest BCUT2D eigenvalue weighted by Gasteiger charge is -2.25. The highest BCUT2D eigenvalue weighted by molar-refractivity contribution is 14.0. The SMILES string of the molecule is CN=C(NCC(C)(C)OC)NCC1(c2ccccc2)CC1.I. The number of halogens is 1. The normalized spacial score (nSPS) is 16.6. The number of hydrogen-bond donors (Lipinski definition) is 2. The number of nitrogens with one attached hydrogen (secondary N) is 2. The third kappa shape index (κ3) is 5.12. The van der Waals surface area contributed by atoms with Gasteiger partial charge in [-0.2, -0.15) is 0 Å². The maximum atomic E-state index is 5.41. The Labute approximate surface area is 151 Å². The molecule has 1 aliphatic rings. The van der Waals surface area contributed by atoms with E-state index in [-0.39, 0.29) is 35.0 Å². The lowest BCUT2D eigenvalue weighted by Crippen LogP contribution is -2.47. The van der Waals surface area contributed by atoms with E-state index in [9.17, 15) is 0 Å². The summed E-state index contributed by atoms with van der Waals surface area (Å²) in [7, 11) is 3.53. The van der Waals surface area contributed by atoms with Crippen LogP contribution in [0.15, 0.2) is 35.3 Å². The molecule has 4 nitrogen and oxygen atoms in total. The lowest BCUT2D eigenvalue weighted by molar-refractivity contribution is 0.0268. The Kier molecular flexibility index (Phi) is 7.12. The Morgan fingerprint density at radius 1 is 1.23 bits per heavy atom. The molecule has 0 amide bonds. The fraction of sp³-hybridized carbons (Fsp3) is 0.588. The van der Waals surface area contributed by atoms with E-state index in [1.54, 1.807) is 14.2 Å². The van der Waals surface area contributed by atoms with Crippen LogP contribution in [-0.2, 0) is 10.2 Å². The predicted octanol–water partition coefficient (Wildman–Crippen LogP) is 2.93. The Morgan fingerprint density at radius 2 is 1.86 bits per heavy atom. The van der Waals surface area contributed by atoms with Crippen molar-refractivity contribution in [3.8, 4) is 0 Å². The third-order valence-corrected chi connectivity index (χ3v) is 4.29. The molecule has 1 fully saturated rings. The van der Waals surface area contributed by atoms with Crippen LogP contribution >= 0.6 is 24.0 Å². The molecule has 22 heavy (non-hydrogen) atoms. The molecule has 0 heterocycles. The van der Waals surface area contributed by atoms with Gasteiger partial charge in [-0.1, -0.05) is 30.3 Å². The highest BCUT2D eigenvalue weighted by Crippen LogP contribution is 2.47. The summed E-state index contributed by atoms with van der Waals surface area (Å²) in [4.78, 5) is 4.29. The molecule has 0 atom stereocenters. The molecule has 0 aliphatic heterocycles. The molecule has 124 valence electrons. The minimum absolute atomic E-state index is 0. The molecule has 0 aromatic heterocycles. The van der Waals surface area contributed by atoms with E-state index in [1.807, 2.05) is 0 Å². The van der Waals surface area contributed by atoms with Gasteiger partial charge in [0.1, 0.15) is 0 Å². The number of guanidine groups is 1. The monoisotopic (exact) mass is 417 g/mol. The van der Waals surface area contributed by atoms with Crippen LogP contribution in [0.1, 0.15) is 32.3 Å². The van der Waals surface area contributed by atoms with Crippen molar-refractivity contribution in [1.82, 2.24) is 10.6 Å². The van der Waals surface area contributed by atoms with Crippen LogP contribution in [0.3, 0.4) is 0 Å². The molecular formula is C17H28IN3O. The standard InChI is InChI=1S/C17H27N3O.HI/c1-16(2,21-4)12-19-15(18-3)20-13-17(10-11-17)14-8-6-5-7-9-14;/h5-9H,10-13H2,1-4H3,(H2,18,19,20);1H. The Hall–Kier alpha value is -0.820. The van der Waals surface area contributed by atoms with Gasteiger partial charge in [0.25, 0.3) is 0 Å². The van der Waals surface area contributed by atoms with Gasteiger partial charge < -0.3 is 15.4 Å². The van der Waals surface area contributed by atoms with Crippen LogP contribution < -0.4 is 10.6 Å². The molecule has 2 N–H and O–H groups in total. The second-order valence-electron chi connectivity index (χ2n) is 6.39. The number of hydrogen-bond acceptors (Lipinski definition) is 2. The zero-order valence-corrected chi connectivity index (χ0v) is 16.3. The van der Waals surface area contributed by atoms with Crippen molar-refractivity contribution in [2.24, 2.45) is 4.99 Å². The van der Waals surface area contributed by atoms with Crippen LogP contribution in [0, 0.1) is 0 Å². The summed E-state index contributed by atoms with van der Waals surface area (Å²) in [5.41, 5.74) is 1.51. The van der Waals surface area contributed by atoms with Crippen LogP contribution in [0.2, 0.25) is 0 Å². The second kappa shape index (κ2) is 8.15. The fourth-order valence-corrected chi connectivity index (χ4v) is 2.35. The fourth-order valence-electron chi connectivity index (χ4n) is 2.35. The first-order valence-electron chi connectivity index (χ1n) is 7.57. The van der Waals surface area contributed by atoms with Crippen molar-refractivity contribution < 1.29 is 4.74 Å². The number of aliphatic imine (C=N–C) groups is 1. The van der Waals surface area contributed by atoms with Gasteiger partial charge in [-0.15, -0.1) is 24.0 Å². The van der Waals surface area contributed by atoms with E-state index in [2.05, 4.69) is 59.8 Å². The van der Waals surface area contributed by atoms with Crippen LogP contribution in [0.5, 0.6) is 0 Å². The molecule has 1 aromatic carbocycles. The Balaban J connectivity index is 0.00000242. The first kappa shape index (κ1) is 19.2. The largest absolute Gasteiger partial charge is 0.377 e. The molecule has 1 saturated carbocycles. The molecule has 5 heteroatoms. The van der Waals surface area contributed by atoms with Crippen molar-refractivity contribution in [2.45, 2.75) is 37.7 Å². The quantitative estimate of drug-likeness (QED) is 0.425. The molecule has 2 rings (SSSR count). The summed E-state index contributed by atoms with van der Waals surface area (Å²) in [5, 5.41) is 6.78. The molecule has 1 aromatic rings. The summed E-state index contributed by atoms with van der Waals surface area (Å²) in [6.07, 6.45) is 2.48. The molecule has 0 radical (unpaired) electrons. The average Bonchev–Trinajstić information content (AvgIpc) is 3.29. The molecule has 0 bridgehead atoms. The highest BCUT2D eigenvalue weighted by atomic mass is 127. The average molecular weight is 417 g/mol. The van der Waals surface area contributed by atoms with Gasteiger partial charge in [-0.3, -0.25) is 4.99 Å². The summed E-state index contributed by atoms with van der Waals surface area (Å²) < 4.78 is 5.41. The van der Waals surface area contributed by atoms with E-state index >= 15 is 0 Å². The summed E-state index contributed by atoms with van der Waals surface area (Å²) in [6.45, 7) is 5.75. The van der Waals surface area contributed by atoms with Crippen LogP contribution in [0.4, 0.5) is 0 Å². The number of nitrogens with zero attached hydrogens (tertiary/aromatic N) is 1. The van der Waals surface area contributed by atoms with Gasteiger partial charge in [-0.05, 0) is 32.3 Å². The van der Waals surface area contributed by atoms with Gasteiger partial charge in [0.2, 0.25) is 0 Å². The van der Waals surface area contributed by atoms with E-state index in [0.717, 1.165) is 19.0 Å². The van der Waals surface area contributed by atoms with Crippen molar-refractivity contribution in [3.05, 3.63) is 35.9 Å². The van der Waals surface area contributed by atoms with Crippen molar-refractivity contribution >= 4 is 29.9 Å². The Morgan fingerprint density at radius 3 is 2.36 bits per heavy atom. The van der Waals surface area contributed by atoms with E-state index in [1.165, 1.54) is 18.4 Å². The van der Waals surface area contributed by atoms with Crippen molar-refractivity contribution in [3.63, 3.8) is 0 Å². The van der Waals surface area contributed by atoms with Gasteiger partial charge in [0, 0.05) is 32.7 Å². The number of ether oxygens (including phenoxy) is 1. The van der Waals surface area contributed by atoms with E-state index in [0.29, 0.717) is 0 Å². The first-order chi connectivity index (χ1) is 10.0. The minimum Gasteiger partial charge on any atom is -0.377 e. The zero-order valence-electron chi connectivity index (χ0n) is 14.0. The Bertz CT molecular complexity index is 484. The maximum absolute atomic E-state index is 5.41. The predicted molar refractivity (Wildman–Crippen MR) is 103 cm³/mol. The zero-order chi connectivity index (χ0) is 15.3.